The Bertz CT molecular complexity index is 894. The predicted molar refractivity (Wildman–Crippen MR) is 102 cm³/mol. The molecule has 0 fully saturated rings. The second-order valence-corrected chi connectivity index (χ2v) is 8.78. The second kappa shape index (κ2) is 7.39. The third-order valence-corrected chi connectivity index (χ3v) is 6.17. The Morgan fingerprint density at radius 1 is 1.23 bits per heavy atom. The van der Waals surface area contributed by atoms with Crippen LogP contribution in [-0.4, -0.2) is 27.2 Å². The number of fused-ring (bicyclic) bond motifs is 1. The third kappa shape index (κ3) is 4.26. The maximum Gasteiger partial charge on any atom is 0.215 e. The number of ether oxygens (including phenoxy) is 1. The van der Waals surface area contributed by atoms with Crippen molar-refractivity contribution in [1.29, 1.82) is 0 Å². The summed E-state index contributed by atoms with van der Waals surface area (Å²) in [7, 11) is -1.93. The van der Waals surface area contributed by atoms with Crippen LogP contribution in [0.5, 0.6) is 5.75 Å². The van der Waals surface area contributed by atoms with Gasteiger partial charge in [-0.25, -0.2) is 13.1 Å². The fourth-order valence-corrected chi connectivity index (χ4v) is 4.73. The molecule has 2 N–H and O–H groups in total. The molecule has 0 amide bonds. The number of sulfonamides is 1. The highest BCUT2D eigenvalue weighted by Gasteiger charge is 2.35. The van der Waals surface area contributed by atoms with Gasteiger partial charge in [-0.2, -0.15) is 0 Å². The summed E-state index contributed by atoms with van der Waals surface area (Å²) >= 11 is 0. The zero-order chi connectivity index (χ0) is 18.8. The van der Waals surface area contributed by atoms with Crippen LogP contribution in [0.4, 0.5) is 0 Å². The third-order valence-electron chi connectivity index (χ3n) is 4.87. The molecule has 0 saturated heterocycles. The molecule has 26 heavy (non-hydrogen) atoms. The zero-order valence-electron chi connectivity index (χ0n) is 15.2. The molecule has 1 unspecified atom stereocenters. The number of hydrogen-bond donors (Lipinski definition) is 2. The lowest BCUT2D eigenvalue weighted by atomic mass is 9.79. The zero-order valence-corrected chi connectivity index (χ0v) is 16.0. The predicted octanol–water partition coefficient (Wildman–Crippen LogP) is 2.65. The van der Waals surface area contributed by atoms with Crippen LogP contribution in [0, 0.1) is 6.92 Å². The largest absolute Gasteiger partial charge is 0.497 e. The summed E-state index contributed by atoms with van der Waals surface area (Å²) in [5.41, 5.74) is 2.35. The first-order chi connectivity index (χ1) is 12.3. The quantitative estimate of drug-likeness (QED) is 0.814. The smallest absolute Gasteiger partial charge is 0.215 e. The van der Waals surface area contributed by atoms with Gasteiger partial charge in [0.25, 0.3) is 0 Å². The Labute approximate surface area is 155 Å². The Kier molecular flexibility index (Phi) is 5.37. The van der Waals surface area contributed by atoms with E-state index in [9.17, 15) is 13.5 Å². The summed E-state index contributed by atoms with van der Waals surface area (Å²) in [5, 5.41) is 11.1. The highest BCUT2D eigenvalue weighted by molar-refractivity contribution is 7.88. The molecule has 0 saturated carbocycles. The number of nitrogens with one attached hydrogen (secondary N) is 1. The molecule has 1 aliphatic carbocycles. The second-order valence-electron chi connectivity index (χ2n) is 6.98. The molecule has 6 heteroatoms. The van der Waals surface area contributed by atoms with E-state index >= 15 is 0 Å². The Morgan fingerprint density at radius 2 is 2.04 bits per heavy atom. The van der Waals surface area contributed by atoms with Crippen molar-refractivity contribution >= 4 is 10.0 Å². The van der Waals surface area contributed by atoms with E-state index in [4.69, 9.17) is 4.74 Å². The van der Waals surface area contributed by atoms with Crippen molar-refractivity contribution in [3.8, 4) is 5.75 Å². The number of methoxy groups -OCH3 is 1. The number of rotatable bonds is 6. The van der Waals surface area contributed by atoms with Gasteiger partial charge in [0.1, 0.15) is 11.4 Å². The molecule has 3 rings (SSSR count). The molecule has 0 bridgehead atoms. The molecule has 140 valence electrons. The first-order valence-corrected chi connectivity index (χ1v) is 10.4. The maximum atomic E-state index is 12.5. The summed E-state index contributed by atoms with van der Waals surface area (Å²) in [6.45, 7) is 1.90. The molecule has 0 aliphatic heterocycles. The van der Waals surface area contributed by atoms with E-state index in [2.05, 4.69) is 4.72 Å². The summed E-state index contributed by atoms with van der Waals surface area (Å²) < 4.78 is 32.8. The van der Waals surface area contributed by atoms with Gasteiger partial charge < -0.3 is 9.84 Å². The fourth-order valence-electron chi connectivity index (χ4n) is 3.55. The monoisotopic (exact) mass is 375 g/mol. The van der Waals surface area contributed by atoms with Crippen LogP contribution in [0.25, 0.3) is 0 Å². The van der Waals surface area contributed by atoms with Gasteiger partial charge in [0.15, 0.2) is 0 Å². The topological polar surface area (TPSA) is 75.6 Å². The average molecular weight is 375 g/mol. The Morgan fingerprint density at radius 3 is 2.77 bits per heavy atom. The van der Waals surface area contributed by atoms with E-state index in [1.54, 1.807) is 19.2 Å². The van der Waals surface area contributed by atoms with Crippen molar-refractivity contribution in [3.63, 3.8) is 0 Å². The molecule has 2 aromatic rings. The van der Waals surface area contributed by atoms with E-state index in [1.165, 1.54) is 0 Å². The molecular formula is C20H25NO4S. The minimum absolute atomic E-state index is 0.0273. The van der Waals surface area contributed by atoms with Crippen molar-refractivity contribution in [1.82, 2.24) is 4.72 Å². The van der Waals surface area contributed by atoms with Gasteiger partial charge in [-0.1, -0.05) is 35.9 Å². The maximum absolute atomic E-state index is 12.5. The van der Waals surface area contributed by atoms with Gasteiger partial charge in [0.2, 0.25) is 10.0 Å². The number of aliphatic hydroxyl groups is 1. The van der Waals surface area contributed by atoms with Crippen LogP contribution in [0.1, 0.15) is 35.1 Å². The minimum atomic E-state index is -3.54. The number of benzene rings is 2. The normalized spacial score (nSPS) is 19.8. The van der Waals surface area contributed by atoms with Crippen molar-refractivity contribution in [3.05, 3.63) is 64.7 Å². The van der Waals surface area contributed by atoms with Gasteiger partial charge in [0, 0.05) is 6.54 Å². The first kappa shape index (κ1) is 18.9. The Balaban J connectivity index is 1.75. The summed E-state index contributed by atoms with van der Waals surface area (Å²) in [6.07, 6.45) is 2.18. The van der Waals surface area contributed by atoms with Crippen LogP contribution in [-0.2, 0) is 27.8 Å². The van der Waals surface area contributed by atoms with Crippen LogP contribution in [0.15, 0.2) is 42.5 Å². The molecule has 0 heterocycles. The molecule has 5 nitrogen and oxygen atoms in total. The van der Waals surface area contributed by atoms with Crippen LogP contribution < -0.4 is 9.46 Å². The Hall–Kier alpha value is -1.89. The van der Waals surface area contributed by atoms with Crippen molar-refractivity contribution in [2.75, 3.05) is 13.7 Å². The van der Waals surface area contributed by atoms with E-state index in [1.807, 2.05) is 37.3 Å². The van der Waals surface area contributed by atoms with Gasteiger partial charge in [0.05, 0.1) is 12.9 Å². The molecule has 1 atom stereocenters. The minimum Gasteiger partial charge on any atom is -0.497 e. The summed E-state index contributed by atoms with van der Waals surface area (Å²) in [6, 6.07) is 13.0. The standard InChI is InChI=1S/C20H25NO4S/c1-15-5-3-6-16(11-15)13-26(23,24)21-14-20(22)10-4-7-17-12-18(25-2)8-9-19(17)20/h3,5-6,8-9,11-12,21-22H,4,7,10,13-14H2,1-2H3. The lowest BCUT2D eigenvalue weighted by molar-refractivity contribution is 0.0242. The van der Waals surface area contributed by atoms with Gasteiger partial charge >= 0.3 is 0 Å². The van der Waals surface area contributed by atoms with Crippen LogP contribution >= 0.6 is 0 Å². The van der Waals surface area contributed by atoms with Crippen molar-refractivity contribution < 1.29 is 18.3 Å². The van der Waals surface area contributed by atoms with Crippen molar-refractivity contribution in [2.24, 2.45) is 0 Å². The average Bonchev–Trinajstić information content (AvgIpc) is 2.60. The van der Waals surface area contributed by atoms with E-state index in [0.29, 0.717) is 6.42 Å². The number of hydrogen-bond acceptors (Lipinski definition) is 4. The summed E-state index contributed by atoms with van der Waals surface area (Å²) in [5.74, 6) is 0.647. The van der Waals surface area contributed by atoms with Crippen molar-refractivity contribution in [2.45, 2.75) is 37.5 Å². The van der Waals surface area contributed by atoms with Gasteiger partial charge in [-0.3, -0.25) is 0 Å². The molecule has 1 aliphatic rings. The van der Waals surface area contributed by atoms with Gasteiger partial charge in [-0.05, 0) is 55.0 Å². The molecular weight excluding hydrogens is 350 g/mol. The van der Waals surface area contributed by atoms with Crippen LogP contribution in [0.3, 0.4) is 0 Å². The highest BCUT2D eigenvalue weighted by Crippen LogP contribution is 2.36. The molecule has 0 spiro atoms. The lowest BCUT2D eigenvalue weighted by Gasteiger charge is -2.34. The SMILES string of the molecule is COc1ccc2c(c1)CCCC2(O)CNS(=O)(=O)Cc1cccc(C)c1. The first-order valence-electron chi connectivity index (χ1n) is 8.74. The lowest BCUT2D eigenvalue weighted by Crippen LogP contribution is -2.43. The number of aryl methyl sites for hydroxylation is 2. The van der Waals surface area contributed by atoms with E-state index in [-0.39, 0.29) is 12.3 Å². The molecule has 2 aromatic carbocycles. The summed E-state index contributed by atoms with van der Waals surface area (Å²) in [4.78, 5) is 0. The van der Waals surface area contributed by atoms with E-state index in [0.717, 1.165) is 40.8 Å². The fraction of sp³-hybridized carbons (Fsp3) is 0.400. The molecule has 0 radical (unpaired) electrons. The van der Waals surface area contributed by atoms with E-state index < -0.39 is 15.6 Å². The van der Waals surface area contributed by atoms with Crippen LogP contribution in [0.2, 0.25) is 0 Å². The van der Waals surface area contributed by atoms with Gasteiger partial charge in [-0.15, -0.1) is 0 Å². The highest BCUT2D eigenvalue weighted by atomic mass is 32.2. The molecule has 0 aromatic heterocycles.